The average Bonchev–Trinajstić information content (AvgIpc) is 2.38. The van der Waals surface area contributed by atoms with E-state index in [0.717, 1.165) is 18.2 Å². The predicted octanol–water partition coefficient (Wildman–Crippen LogP) is 2.24. The van der Waals surface area contributed by atoms with Crippen molar-refractivity contribution in [3.05, 3.63) is 35.4 Å². The van der Waals surface area contributed by atoms with E-state index in [1.807, 2.05) is 0 Å². The Morgan fingerprint density at radius 1 is 1.41 bits per heavy atom. The minimum absolute atomic E-state index is 0.147. The van der Waals surface area contributed by atoms with Gasteiger partial charge in [-0.3, -0.25) is 0 Å². The molecule has 1 aromatic carbocycles. The first-order valence-corrected chi connectivity index (χ1v) is 6.96. The average molecular weight is 316 g/mol. The summed E-state index contributed by atoms with van der Waals surface area (Å²) in [5.74, 6) is -1.44. The Balaban J connectivity index is 2.89. The van der Waals surface area contributed by atoms with Gasteiger partial charge < -0.3 is 20.9 Å². The molecule has 0 spiro atoms. The second kappa shape index (κ2) is 7.51. The monoisotopic (exact) mass is 316 g/mol. The number of hydrogen-bond donors (Lipinski definition) is 3. The molecule has 0 bridgehead atoms. The van der Waals surface area contributed by atoms with Crippen LogP contribution in [0.5, 0.6) is 0 Å². The number of halogens is 2. The molecule has 1 amide bonds. The highest BCUT2D eigenvalue weighted by Gasteiger charge is 2.27. The number of alkyl carbamates (subject to hydrolysis) is 1. The minimum atomic E-state index is -1.44. The lowest BCUT2D eigenvalue weighted by molar-refractivity contribution is 0.0411. The van der Waals surface area contributed by atoms with Crippen molar-refractivity contribution in [1.29, 1.82) is 0 Å². The third-order valence-electron chi connectivity index (χ3n) is 2.84. The van der Waals surface area contributed by atoms with E-state index in [2.05, 4.69) is 5.32 Å². The van der Waals surface area contributed by atoms with Crippen LogP contribution in [0.4, 0.5) is 13.6 Å². The van der Waals surface area contributed by atoms with Crippen LogP contribution in [0.2, 0.25) is 0 Å². The van der Waals surface area contributed by atoms with Crippen molar-refractivity contribution >= 4 is 6.09 Å². The van der Waals surface area contributed by atoms with Crippen LogP contribution in [0.1, 0.15) is 38.9 Å². The molecule has 1 aromatic rings. The van der Waals surface area contributed by atoms with E-state index in [4.69, 9.17) is 10.5 Å². The summed E-state index contributed by atoms with van der Waals surface area (Å²) in [5.41, 5.74) is 4.49. The number of rotatable bonds is 5. The van der Waals surface area contributed by atoms with Crippen molar-refractivity contribution in [2.24, 2.45) is 5.73 Å². The highest BCUT2D eigenvalue weighted by Crippen LogP contribution is 2.23. The zero-order chi connectivity index (χ0) is 16.9. The molecular weight excluding hydrogens is 294 g/mol. The SMILES string of the molecule is CC(C)(C)OC(=O)NC(CCN)C(O)c1cc(F)ccc1F. The maximum atomic E-state index is 13.7. The van der Waals surface area contributed by atoms with Gasteiger partial charge >= 0.3 is 6.09 Å². The second-order valence-corrected chi connectivity index (χ2v) is 5.94. The number of carbonyl (C=O) groups is 1. The summed E-state index contributed by atoms with van der Waals surface area (Å²) in [6, 6.07) is 1.86. The molecule has 2 atom stereocenters. The number of carbonyl (C=O) groups excluding carboxylic acids is 1. The summed E-state index contributed by atoms with van der Waals surface area (Å²) < 4.78 is 32.0. The van der Waals surface area contributed by atoms with Gasteiger partial charge in [0.25, 0.3) is 0 Å². The molecule has 22 heavy (non-hydrogen) atoms. The first kappa shape index (κ1) is 18.3. The van der Waals surface area contributed by atoms with E-state index in [1.54, 1.807) is 20.8 Å². The van der Waals surface area contributed by atoms with Gasteiger partial charge in [0.1, 0.15) is 23.3 Å². The van der Waals surface area contributed by atoms with Crippen molar-refractivity contribution in [2.75, 3.05) is 6.54 Å². The molecule has 0 aromatic heterocycles. The Labute approximate surface area is 128 Å². The molecule has 2 unspecified atom stereocenters. The Bertz CT molecular complexity index is 518. The first-order valence-electron chi connectivity index (χ1n) is 6.96. The van der Waals surface area contributed by atoms with Gasteiger partial charge in [-0.1, -0.05) is 0 Å². The van der Waals surface area contributed by atoms with Gasteiger partial charge in [-0.25, -0.2) is 13.6 Å². The van der Waals surface area contributed by atoms with E-state index in [9.17, 15) is 18.7 Å². The predicted molar refractivity (Wildman–Crippen MR) is 78.1 cm³/mol. The van der Waals surface area contributed by atoms with Gasteiger partial charge in [-0.05, 0) is 51.9 Å². The van der Waals surface area contributed by atoms with Gasteiger partial charge in [0.05, 0.1) is 6.04 Å². The number of nitrogens with one attached hydrogen (secondary N) is 1. The quantitative estimate of drug-likeness (QED) is 0.778. The number of benzene rings is 1. The van der Waals surface area contributed by atoms with Gasteiger partial charge in [0.15, 0.2) is 0 Å². The lowest BCUT2D eigenvalue weighted by Crippen LogP contribution is -2.43. The summed E-state index contributed by atoms with van der Waals surface area (Å²) in [6.07, 6.45) is -2.02. The third kappa shape index (κ3) is 5.57. The van der Waals surface area contributed by atoms with Crippen molar-refractivity contribution in [3.63, 3.8) is 0 Å². The minimum Gasteiger partial charge on any atom is -0.444 e. The molecule has 5 nitrogen and oxygen atoms in total. The van der Waals surface area contributed by atoms with E-state index < -0.39 is 35.5 Å². The number of amides is 1. The maximum absolute atomic E-state index is 13.7. The van der Waals surface area contributed by atoms with Crippen LogP contribution in [-0.2, 0) is 4.74 Å². The zero-order valence-corrected chi connectivity index (χ0v) is 12.9. The first-order chi connectivity index (χ1) is 10.1. The van der Waals surface area contributed by atoms with E-state index in [0.29, 0.717) is 0 Å². The lowest BCUT2D eigenvalue weighted by atomic mass is 9.99. The summed E-state index contributed by atoms with van der Waals surface area (Å²) >= 11 is 0. The number of nitrogens with two attached hydrogens (primary N) is 1. The summed E-state index contributed by atoms with van der Waals surface area (Å²) in [7, 11) is 0. The Morgan fingerprint density at radius 3 is 2.59 bits per heavy atom. The summed E-state index contributed by atoms with van der Waals surface area (Å²) in [6.45, 7) is 5.21. The molecule has 0 saturated heterocycles. The van der Waals surface area contributed by atoms with Crippen LogP contribution in [-0.4, -0.2) is 29.4 Å². The van der Waals surface area contributed by atoms with Crippen molar-refractivity contribution in [2.45, 2.75) is 44.9 Å². The van der Waals surface area contributed by atoms with E-state index in [-0.39, 0.29) is 18.5 Å². The molecule has 0 aliphatic carbocycles. The molecule has 0 fully saturated rings. The van der Waals surface area contributed by atoms with Gasteiger partial charge in [0.2, 0.25) is 0 Å². The van der Waals surface area contributed by atoms with Crippen LogP contribution in [0.25, 0.3) is 0 Å². The Kier molecular flexibility index (Phi) is 6.25. The molecule has 0 heterocycles. The van der Waals surface area contributed by atoms with Crippen LogP contribution >= 0.6 is 0 Å². The highest BCUT2D eigenvalue weighted by molar-refractivity contribution is 5.68. The van der Waals surface area contributed by atoms with Crippen LogP contribution in [0.15, 0.2) is 18.2 Å². The van der Waals surface area contributed by atoms with Crippen molar-refractivity contribution in [3.8, 4) is 0 Å². The number of ether oxygens (including phenoxy) is 1. The third-order valence-corrected chi connectivity index (χ3v) is 2.84. The second-order valence-electron chi connectivity index (χ2n) is 5.94. The normalized spacial score (nSPS) is 14.3. The summed E-state index contributed by atoms with van der Waals surface area (Å²) in [5, 5.41) is 12.7. The molecule has 124 valence electrons. The molecular formula is C15H22F2N2O3. The standard InChI is InChI=1S/C15H22F2N2O3/c1-15(2,3)22-14(21)19-12(6-7-18)13(20)10-8-9(16)4-5-11(10)17/h4-5,8,12-13,20H,6-7,18H2,1-3H3,(H,19,21). The molecule has 0 saturated carbocycles. The Morgan fingerprint density at radius 2 is 2.05 bits per heavy atom. The fourth-order valence-corrected chi connectivity index (χ4v) is 1.91. The summed E-state index contributed by atoms with van der Waals surface area (Å²) in [4.78, 5) is 11.8. The molecule has 4 N–H and O–H groups in total. The zero-order valence-electron chi connectivity index (χ0n) is 12.9. The van der Waals surface area contributed by atoms with Gasteiger partial charge in [-0.2, -0.15) is 0 Å². The molecule has 0 aliphatic rings. The molecule has 1 rings (SSSR count). The molecule has 0 aliphatic heterocycles. The maximum Gasteiger partial charge on any atom is 0.407 e. The fraction of sp³-hybridized carbons (Fsp3) is 0.533. The van der Waals surface area contributed by atoms with E-state index >= 15 is 0 Å². The Hall–Kier alpha value is -1.73. The number of hydrogen-bond acceptors (Lipinski definition) is 4. The van der Waals surface area contributed by atoms with Crippen LogP contribution < -0.4 is 11.1 Å². The smallest absolute Gasteiger partial charge is 0.407 e. The van der Waals surface area contributed by atoms with Crippen LogP contribution in [0, 0.1) is 11.6 Å². The number of aliphatic hydroxyl groups excluding tert-OH is 1. The fourth-order valence-electron chi connectivity index (χ4n) is 1.91. The molecule has 7 heteroatoms. The molecule has 0 radical (unpaired) electrons. The van der Waals surface area contributed by atoms with Gasteiger partial charge in [-0.15, -0.1) is 0 Å². The topological polar surface area (TPSA) is 84.6 Å². The van der Waals surface area contributed by atoms with Crippen LogP contribution in [0.3, 0.4) is 0 Å². The van der Waals surface area contributed by atoms with Gasteiger partial charge in [0, 0.05) is 5.56 Å². The highest BCUT2D eigenvalue weighted by atomic mass is 19.1. The van der Waals surface area contributed by atoms with Crippen molar-refractivity contribution in [1.82, 2.24) is 5.32 Å². The lowest BCUT2D eigenvalue weighted by Gasteiger charge is -2.26. The largest absolute Gasteiger partial charge is 0.444 e. The van der Waals surface area contributed by atoms with Crippen molar-refractivity contribution < 1.29 is 23.4 Å². The van der Waals surface area contributed by atoms with E-state index in [1.165, 1.54) is 0 Å². The number of aliphatic hydroxyl groups is 1.